The number of methoxy groups -OCH3 is 1. The highest BCUT2D eigenvalue weighted by atomic mass is 28.4. The quantitative estimate of drug-likeness (QED) is 0.146. The Kier molecular flexibility index (Phi) is 22.5. The van der Waals surface area contributed by atoms with Crippen molar-refractivity contribution in [1.29, 1.82) is 0 Å². The zero-order valence-electron chi connectivity index (χ0n) is 54.9. The maximum atomic E-state index is 15.0. The number of hydrogen-bond acceptors (Lipinski definition) is 13. The summed E-state index contributed by atoms with van der Waals surface area (Å²) in [5, 5.41) is 12.5. The van der Waals surface area contributed by atoms with E-state index < -0.39 is 82.1 Å². The molecule has 0 radical (unpaired) electrons. The third kappa shape index (κ3) is 17.0. The van der Waals surface area contributed by atoms with Crippen molar-refractivity contribution in [1.82, 2.24) is 0 Å². The molecule has 17 heteroatoms. The molecule has 17 atom stereocenters. The number of allylic oxidation sites excluding steroid dienone is 1. The lowest BCUT2D eigenvalue weighted by Gasteiger charge is -2.53. The zero-order valence-corrected chi connectivity index (χ0v) is 58.9. The van der Waals surface area contributed by atoms with Gasteiger partial charge in [0.2, 0.25) is 0 Å². The molecule has 7 unspecified atom stereocenters. The van der Waals surface area contributed by atoms with Crippen molar-refractivity contribution in [2.24, 2.45) is 11.8 Å². The second-order valence-electron chi connectivity index (χ2n) is 31.7. The fraction of sp³-hybridized carbons (Fsp3) is 0.875. The minimum absolute atomic E-state index is 0.0177. The van der Waals surface area contributed by atoms with Crippen molar-refractivity contribution >= 4 is 44.8 Å². The Labute approximate surface area is 496 Å². The van der Waals surface area contributed by atoms with Crippen LogP contribution in [0.5, 0.6) is 0 Å². The van der Waals surface area contributed by atoms with Gasteiger partial charge in [0, 0.05) is 45.1 Å². The van der Waals surface area contributed by atoms with E-state index in [9.17, 15) is 14.7 Å². The summed E-state index contributed by atoms with van der Waals surface area (Å²) in [5.41, 5.74) is 2.10. The first-order valence-electron chi connectivity index (χ1n) is 31.3. The lowest BCUT2D eigenvalue weighted by Crippen LogP contribution is -2.67. The maximum Gasteiger partial charge on any atom is 0.193 e. The molecule has 8 aliphatic rings. The molecule has 0 spiro atoms. The number of aliphatic hydroxyl groups excluding tert-OH is 1. The van der Waals surface area contributed by atoms with Gasteiger partial charge in [-0.15, -0.1) is 0 Å². The third-order valence-corrected chi connectivity index (χ3v) is 39.3. The minimum Gasteiger partial charge on any atom is -0.414 e. The average Bonchev–Trinajstić information content (AvgIpc) is 3.93. The number of ether oxygens (including phenoxy) is 6. The van der Waals surface area contributed by atoms with Gasteiger partial charge in [0.15, 0.2) is 39.1 Å². The van der Waals surface area contributed by atoms with E-state index in [2.05, 4.69) is 156 Å². The molecular formula is C64H116O13Si4. The van der Waals surface area contributed by atoms with E-state index in [0.29, 0.717) is 51.6 Å². The predicted octanol–water partition coefficient (Wildman–Crippen LogP) is 14.1. The Hall–Kier alpha value is -1.01. The van der Waals surface area contributed by atoms with Crippen molar-refractivity contribution in [2.45, 2.75) is 331 Å². The molecule has 8 rings (SSSR count). The van der Waals surface area contributed by atoms with Crippen LogP contribution in [-0.2, 0) is 55.7 Å². The van der Waals surface area contributed by atoms with Crippen molar-refractivity contribution in [3.8, 4) is 0 Å². The first-order valence-corrected chi connectivity index (χ1v) is 42.9. The molecule has 8 bridgehead atoms. The van der Waals surface area contributed by atoms with E-state index in [0.717, 1.165) is 30.4 Å². The van der Waals surface area contributed by atoms with E-state index >= 15 is 0 Å². The Morgan fingerprint density at radius 3 is 1.81 bits per heavy atom. The summed E-state index contributed by atoms with van der Waals surface area (Å²) >= 11 is 0. The largest absolute Gasteiger partial charge is 0.414 e. The van der Waals surface area contributed by atoms with Crippen molar-refractivity contribution in [2.75, 3.05) is 13.7 Å². The molecule has 0 aromatic heterocycles. The van der Waals surface area contributed by atoms with E-state index in [1.54, 1.807) is 13.2 Å². The van der Waals surface area contributed by atoms with E-state index in [1.807, 2.05) is 6.08 Å². The summed E-state index contributed by atoms with van der Waals surface area (Å²) in [6.45, 7) is 56.5. The van der Waals surface area contributed by atoms with Gasteiger partial charge in [0.1, 0.15) is 30.2 Å². The molecule has 466 valence electrons. The van der Waals surface area contributed by atoms with Gasteiger partial charge in [-0.1, -0.05) is 109 Å². The molecule has 13 nitrogen and oxygen atoms in total. The molecule has 5 saturated heterocycles. The lowest BCUT2D eigenvalue weighted by atomic mass is 9.81. The standard InChI is InChI=1S/C64H116O13Si4/c1-40-33-46-28-31-50-41(2)34-45(70-50)27-25-43(65)26-30-52(76-80(21,22)63(10,11)12)59-60(77-81(23,24)64(13,14)15)56(67)58-51(74-59)32-29-47(72-58)35-44(66)36-49-54(38-53(71-46)42(40)3)73-55(57(49)68-16)37-48(75-79(19,20)62(7,8)9)39-69-78(17,18)61(4,5)6/h26,30,40,45-60,67H,2-3,25,27-29,31-39H2,1,4-24H3/b30-26+/t40-,45?,46+,47?,48+,49+,50+,51+,52?,53?,54?,55?,56+,57-,58+,59+,60?/m1/s1. The third-order valence-electron chi connectivity index (χ3n) is 21.3. The number of ketones is 2. The van der Waals surface area contributed by atoms with Crippen LogP contribution >= 0.6 is 0 Å². The molecule has 1 N–H and O–H groups in total. The van der Waals surface area contributed by atoms with E-state index in [1.165, 1.54) is 0 Å². The molecule has 8 heterocycles. The summed E-state index contributed by atoms with van der Waals surface area (Å²) in [6, 6.07) is 0. The van der Waals surface area contributed by atoms with E-state index in [-0.39, 0.29) is 99.1 Å². The highest BCUT2D eigenvalue weighted by Crippen LogP contribution is 2.47. The van der Waals surface area contributed by atoms with Gasteiger partial charge >= 0.3 is 0 Å². The summed E-state index contributed by atoms with van der Waals surface area (Å²) in [4.78, 5) is 28.9. The molecule has 0 aromatic rings. The number of hydrogen-bond donors (Lipinski definition) is 1. The van der Waals surface area contributed by atoms with Gasteiger partial charge in [-0.2, -0.15) is 0 Å². The van der Waals surface area contributed by atoms with Gasteiger partial charge in [-0.3, -0.25) is 9.59 Å². The molecule has 8 aliphatic heterocycles. The lowest BCUT2D eigenvalue weighted by molar-refractivity contribution is -0.269. The Morgan fingerprint density at radius 2 is 1.21 bits per heavy atom. The van der Waals surface area contributed by atoms with Crippen LogP contribution in [0.15, 0.2) is 36.5 Å². The zero-order chi connectivity index (χ0) is 60.8. The maximum absolute atomic E-state index is 15.0. The molecule has 0 aromatic carbocycles. The molecule has 0 aliphatic carbocycles. The number of rotatable bonds is 12. The average molecular weight is 1210 g/mol. The van der Waals surface area contributed by atoms with Crippen LogP contribution in [0.3, 0.4) is 0 Å². The summed E-state index contributed by atoms with van der Waals surface area (Å²) in [6.07, 6.45) is 3.07. The number of Topliss-reactive ketones (excluding diaryl/α,β-unsaturated/α-hetero) is 1. The second kappa shape index (κ2) is 26.4. The summed E-state index contributed by atoms with van der Waals surface area (Å²) < 4.78 is 70.4. The molecular weight excluding hydrogens is 1090 g/mol. The monoisotopic (exact) mass is 1200 g/mol. The fourth-order valence-corrected chi connectivity index (χ4v) is 16.8. The summed E-state index contributed by atoms with van der Waals surface area (Å²) in [5.74, 6) is -0.0473. The van der Waals surface area contributed by atoms with E-state index in [4.69, 9.17) is 46.1 Å². The second-order valence-corrected chi connectivity index (χ2v) is 50.8. The first kappa shape index (κ1) is 69.1. The highest BCUT2D eigenvalue weighted by molar-refractivity contribution is 6.75. The van der Waals surface area contributed by atoms with Gasteiger partial charge in [0.25, 0.3) is 0 Å². The van der Waals surface area contributed by atoms with Crippen LogP contribution in [0.1, 0.15) is 167 Å². The fourth-order valence-electron chi connectivity index (χ4n) is 11.8. The molecule has 5 fully saturated rings. The number of aliphatic hydroxyl groups is 1. The molecule has 0 saturated carbocycles. The predicted molar refractivity (Wildman–Crippen MR) is 335 cm³/mol. The number of carbonyl (C=O) groups excluding carboxylic acids is 2. The van der Waals surface area contributed by atoms with Crippen LogP contribution in [0, 0.1) is 11.8 Å². The van der Waals surface area contributed by atoms with Crippen LogP contribution in [0.4, 0.5) is 0 Å². The van der Waals surface area contributed by atoms with Gasteiger partial charge in [-0.25, -0.2) is 0 Å². The smallest absolute Gasteiger partial charge is 0.193 e. The van der Waals surface area contributed by atoms with Crippen molar-refractivity contribution in [3.05, 3.63) is 36.5 Å². The summed E-state index contributed by atoms with van der Waals surface area (Å²) in [7, 11) is -7.79. The van der Waals surface area contributed by atoms with Crippen LogP contribution in [0.25, 0.3) is 0 Å². The van der Waals surface area contributed by atoms with Gasteiger partial charge in [0.05, 0.1) is 73.8 Å². The highest BCUT2D eigenvalue weighted by Gasteiger charge is 2.56. The Bertz CT molecular complexity index is 2190. The first-order chi connectivity index (χ1) is 37.0. The number of fused-ring (bicyclic) bond motifs is 2. The molecule has 0 amide bonds. The normalized spacial score (nSPS) is 36.0. The molecule has 81 heavy (non-hydrogen) atoms. The van der Waals surface area contributed by atoms with Crippen LogP contribution in [-0.4, -0.2) is 155 Å². The topological polar surface area (TPSA) is 147 Å². The van der Waals surface area contributed by atoms with Gasteiger partial charge in [-0.05, 0) is 141 Å². The number of carbonyl (C=O) groups is 2. The Balaban J connectivity index is 1.37. The van der Waals surface area contributed by atoms with Crippen LogP contribution in [0.2, 0.25) is 72.5 Å². The Morgan fingerprint density at radius 1 is 0.630 bits per heavy atom. The SMILES string of the molecule is C=C1C2CC3OC(C[C@@H](CO[Si](C)(C)C(C)(C)C)O[Si](C)(C)C(C)(C)C)[C@H](OC)[C@H]3CC(=O)CC3CC[C@@H]4O[C@@H](C(O[Si](C)(C)C(C)(C)C)/C=C/C(=O)CCC5CC(=C)[C@H](CC[C@@H](C[C@H]1C)O2)O5)C(O[Si](C)(C)C(C)(C)C)[C@@H](O)[C@H]4O3. The van der Waals surface area contributed by atoms with Crippen molar-refractivity contribution < 1.29 is 60.8 Å². The van der Waals surface area contributed by atoms with Crippen molar-refractivity contribution in [3.63, 3.8) is 0 Å². The minimum atomic E-state index is -2.58. The van der Waals surface area contributed by atoms with Gasteiger partial charge < -0.3 is 51.2 Å². The van der Waals surface area contributed by atoms with Crippen LogP contribution < -0.4 is 0 Å².